The molecule has 2 nitrogen and oxygen atoms in total. The van der Waals surface area contributed by atoms with Crippen molar-refractivity contribution in [1.29, 1.82) is 0 Å². The van der Waals surface area contributed by atoms with E-state index >= 15 is 0 Å². The van der Waals surface area contributed by atoms with Gasteiger partial charge in [0, 0.05) is 11.6 Å². The highest BCUT2D eigenvalue weighted by molar-refractivity contribution is 9.10. The Kier molecular flexibility index (Phi) is 4.45. The molecule has 4 heteroatoms. The quantitative estimate of drug-likeness (QED) is 0.633. The van der Waals surface area contributed by atoms with Gasteiger partial charge in [-0.05, 0) is 50.8 Å². The number of nitrogens with zero attached hydrogens (tertiary/aromatic N) is 2. The summed E-state index contributed by atoms with van der Waals surface area (Å²) in [5.41, 5.74) is 3.13. The number of rotatable bonds is 4. The predicted molar refractivity (Wildman–Crippen MR) is 93.9 cm³/mol. The van der Waals surface area contributed by atoms with Gasteiger partial charge in [0.2, 0.25) is 0 Å². The van der Waals surface area contributed by atoms with Crippen LogP contribution in [0.4, 0.5) is 0 Å². The number of hydrogen-bond donors (Lipinski definition) is 0. The third-order valence-corrected chi connectivity index (χ3v) is 12.4. The van der Waals surface area contributed by atoms with Gasteiger partial charge in [0.05, 0.1) is 4.60 Å². The zero-order valence-electron chi connectivity index (χ0n) is 13.3. The van der Waals surface area contributed by atoms with Crippen LogP contribution in [0.2, 0.25) is 16.6 Å². The van der Waals surface area contributed by atoms with Gasteiger partial charge in [0.1, 0.15) is 5.65 Å². The van der Waals surface area contributed by atoms with E-state index in [1.807, 2.05) is 12.3 Å². The Hall–Kier alpha value is -0.613. The van der Waals surface area contributed by atoms with Crippen LogP contribution in [0, 0.1) is 0 Å². The van der Waals surface area contributed by atoms with Gasteiger partial charge in [-0.25, -0.2) is 4.98 Å². The van der Waals surface area contributed by atoms with Crippen LogP contribution >= 0.6 is 15.9 Å². The summed E-state index contributed by atoms with van der Waals surface area (Å²) in [5, 5.41) is 1.23. The van der Waals surface area contributed by atoms with Crippen LogP contribution in [0.15, 0.2) is 29.0 Å². The minimum absolute atomic E-state index is 0.663. The Bertz CT molecular complexity index is 580. The van der Waals surface area contributed by atoms with Gasteiger partial charge in [-0.1, -0.05) is 41.5 Å². The molecule has 0 unspecified atom stereocenters. The standard InChI is InChI=1S/C16H25BrN2Si/c1-11(2)20(12(3)4,13(5)6)19-15(17)10-14-8-7-9-18-16(14)19/h7-13H,1-6H3. The molecule has 0 amide bonds. The molecule has 0 radical (unpaired) electrons. The molecule has 0 atom stereocenters. The summed E-state index contributed by atoms with van der Waals surface area (Å²) in [6, 6.07) is 6.39. The second-order valence-corrected chi connectivity index (χ2v) is 13.1. The normalized spacial score (nSPS) is 13.1. The average Bonchev–Trinajstić information content (AvgIpc) is 2.66. The third kappa shape index (κ3) is 2.17. The van der Waals surface area contributed by atoms with E-state index in [0.29, 0.717) is 16.6 Å². The molecule has 110 valence electrons. The molecular weight excluding hydrogens is 328 g/mol. The van der Waals surface area contributed by atoms with Crippen LogP contribution in [-0.4, -0.2) is 17.5 Å². The SMILES string of the molecule is CC(C)[Si](C(C)C)(C(C)C)n1c(Br)cc2cccnc21. The minimum Gasteiger partial charge on any atom is -0.347 e. The maximum absolute atomic E-state index is 4.68. The summed E-state index contributed by atoms with van der Waals surface area (Å²) < 4.78 is 3.75. The molecule has 2 aromatic heterocycles. The smallest absolute Gasteiger partial charge is 0.172 e. The summed E-state index contributed by atoms with van der Waals surface area (Å²) >= 11 is 3.81. The average molecular weight is 353 g/mol. The van der Waals surface area contributed by atoms with Crippen molar-refractivity contribution in [3.05, 3.63) is 29.0 Å². The number of halogens is 1. The van der Waals surface area contributed by atoms with Crippen molar-refractivity contribution in [2.24, 2.45) is 0 Å². The van der Waals surface area contributed by atoms with Crippen LogP contribution in [0.5, 0.6) is 0 Å². The van der Waals surface area contributed by atoms with E-state index in [4.69, 9.17) is 0 Å². The monoisotopic (exact) mass is 352 g/mol. The Labute approximate surface area is 131 Å². The molecule has 0 fully saturated rings. The molecule has 2 heterocycles. The maximum Gasteiger partial charge on any atom is 0.172 e. The third-order valence-electron chi connectivity index (χ3n) is 4.68. The summed E-state index contributed by atoms with van der Waals surface area (Å²) in [4.78, 5) is 4.68. The first-order valence-corrected chi connectivity index (χ1v) is 10.4. The second-order valence-electron chi connectivity index (χ2n) is 6.57. The first-order chi connectivity index (χ1) is 9.33. The molecule has 0 aromatic carbocycles. The lowest BCUT2D eigenvalue weighted by Gasteiger charge is -2.44. The van der Waals surface area contributed by atoms with Gasteiger partial charge in [0.25, 0.3) is 0 Å². The Morgan fingerprint density at radius 1 is 1.05 bits per heavy atom. The van der Waals surface area contributed by atoms with E-state index in [0.717, 1.165) is 5.65 Å². The molecule has 2 rings (SSSR count). The molecule has 0 aliphatic heterocycles. The van der Waals surface area contributed by atoms with Gasteiger partial charge in [-0.3, -0.25) is 0 Å². The van der Waals surface area contributed by atoms with Crippen LogP contribution in [0.3, 0.4) is 0 Å². The summed E-state index contributed by atoms with van der Waals surface area (Å²) in [6.45, 7) is 14.3. The fraction of sp³-hybridized carbons (Fsp3) is 0.562. The van der Waals surface area contributed by atoms with Crippen molar-refractivity contribution in [2.45, 2.75) is 58.2 Å². The highest BCUT2D eigenvalue weighted by Gasteiger charge is 2.47. The summed E-state index contributed by atoms with van der Waals surface area (Å²) in [5.74, 6) is 0. The van der Waals surface area contributed by atoms with E-state index < -0.39 is 8.24 Å². The van der Waals surface area contributed by atoms with Gasteiger partial charge < -0.3 is 4.23 Å². The Morgan fingerprint density at radius 2 is 1.60 bits per heavy atom. The van der Waals surface area contributed by atoms with E-state index in [1.165, 1.54) is 9.99 Å². The molecule has 0 saturated carbocycles. The fourth-order valence-corrected chi connectivity index (χ4v) is 12.0. The molecule has 0 saturated heterocycles. The predicted octanol–water partition coefficient (Wildman–Crippen LogP) is 5.82. The minimum atomic E-state index is -1.75. The molecule has 0 aliphatic carbocycles. The molecule has 0 N–H and O–H groups in total. The summed E-state index contributed by atoms with van der Waals surface area (Å²) in [7, 11) is -1.75. The molecule has 0 aliphatic rings. The number of pyridine rings is 1. The van der Waals surface area contributed by atoms with Crippen molar-refractivity contribution >= 4 is 35.2 Å². The Balaban J connectivity index is 2.85. The lowest BCUT2D eigenvalue weighted by molar-refractivity contribution is 0.766. The summed E-state index contributed by atoms with van der Waals surface area (Å²) in [6.07, 6.45) is 1.91. The first kappa shape index (κ1) is 15.8. The van der Waals surface area contributed by atoms with Crippen LogP contribution in [0.1, 0.15) is 41.5 Å². The fourth-order valence-electron chi connectivity index (χ4n) is 4.15. The molecule has 0 bridgehead atoms. The zero-order chi connectivity index (χ0) is 15.1. The van der Waals surface area contributed by atoms with E-state index in [1.54, 1.807) is 0 Å². The van der Waals surface area contributed by atoms with Crippen molar-refractivity contribution in [2.75, 3.05) is 0 Å². The zero-order valence-corrected chi connectivity index (χ0v) is 15.9. The number of hydrogen-bond acceptors (Lipinski definition) is 1. The van der Waals surface area contributed by atoms with Gasteiger partial charge in [-0.15, -0.1) is 0 Å². The lowest BCUT2D eigenvalue weighted by atomic mass is 10.3. The van der Waals surface area contributed by atoms with Gasteiger partial charge in [-0.2, -0.15) is 0 Å². The van der Waals surface area contributed by atoms with Gasteiger partial charge in [0.15, 0.2) is 8.24 Å². The molecule has 2 aromatic rings. The van der Waals surface area contributed by atoms with Crippen LogP contribution in [-0.2, 0) is 0 Å². The van der Waals surface area contributed by atoms with Crippen molar-refractivity contribution in [1.82, 2.24) is 9.22 Å². The van der Waals surface area contributed by atoms with Crippen LogP contribution in [0.25, 0.3) is 11.0 Å². The topological polar surface area (TPSA) is 17.8 Å². The van der Waals surface area contributed by atoms with E-state index in [2.05, 4.69) is 78.8 Å². The molecule has 0 spiro atoms. The Morgan fingerprint density at radius 3 is 2.10 bits per heavy atom. The first-order valence-electron chi connectivity index (χ1n) is 7.45. The highest BCUT2D eigenvalue weighted by atomic mass is 79.9. The largest absolute Gasteiger partial charge is 0.347 e. The van der Waals surface area contributed by atoms with E-state index in [-0.39, 0.29) is 0 Å². The maximum atomic E-state index is 4.68. The van der Waals surface area contributed by atoms with Crippen molar-refractivity contribution < 1.29 is 0 Å². The molecule has 20 heavy (non-hydrogen) atoms. The van der Waals surface area contributed by atoms with Gasteiger partial charge >= 0.3 is 0 Å². The van der Waals surface area contributed by atoms with Crippen molar-refractivity contribution in [3.8, 4) is 0 Å². The number of fused-ring (bicyclic) bond motifs is 1. The van der Waals surface area contributed by atoms with Crippen molar-refractivity contribution in [3.63, 3.8) is 0 Å². The second kappa shape index (κ2) is 5.64. The lowest BCUT2D eigenvalue weighted by Crippen LogP contribution is -2.52. The molecular formula is C16H25BrN2Si. The van der Waals surface area contributed by atoms with Crippen LogP contribution < -0.4 is 0 Å². The number of aromatic nitrogens is 2. The van der Waals surface area contributed by atoms with E-state index in [9.17, 15) is 0 Å². The highest BCUT2D eigenvalue weighted by Crippen LogP contribution is 2.45.